The summed E-state index contributed by atoms with van der Waals surface area (Å²) in [7, 11) is 0. The average Bonchev–Trinajstić information content (AvgIpc) is 2.96. The summed E-state index contributed by atoms with van der Waals surface area (Å²) in [5.41, 5.74) is 2.35. The van der Waals surface area contributed by atoms with E-state index < -0.39 is 0 Å². The summed E-state index contributed by atoms with van der Waals surface area (Å²) in [6, 6.07) is 0. The number of nitrogens with one attached hydrogen (secondary N) is 1. The topological polar surface area (TPSA) is 64.7 Å². The fourth-order valence-corrected chi connectivity index (χ4v) is 3.02. The Morgan fingerprint density at radius 1 is 1.08 bits per heavy atom. The third kappa shape index (κ3) is 4.68. The second kappa shape index (κ2) is 8.43. The molecular weight excluding hydrogens is 385 g/mol. The maximum Gasteiger partial charge on any atom is 0.224 e. The molecule has 1 amide bonds. The molecular formula is C16H22Cl3N5O. The van der Waals surface area contributed by atoms with Gasteiger partial charge in [0.15, 0.2) is 0 Å². The highest BCUT2D eigenvalue weighted by atomic mass is 35.5. The van der Waals surface area contributed by atoms with E-state index in [0.29, 0.717) is 46.9 Å². The second-order valence-electron chi connectivity index (χ2n) is 6.13. The quantitative estimate of drug-likeness (QED) is 0.711. The molecule has 2 aromatic heterocycles. The molecule has 0 aliphatic rings. The molecule has 0 spiro atoms. The minimum Gasteiger partial charge on any atom is -0.356 e. The number of nitrogens with zero attached hydrogens (tertiary/aromatic N) is 4. The first-order chi connectivity index (χ1) is 11.7. The van der Waals surface area contributed by atoms with Gasteiger partial charge in [-0.3, -0.25) is 14.2 Å². The van der Waals surface area contributed by atoms with Crippen LogP contribution in [-0.4, -0.2) is 32.0 Å². The van der Waals surface area contributed by atoms with Crippen molar-refractivity contribution in [2.45, 2.75) is 47.2 Å². The van der Waals surface area contributed by atoms with Crippen molar-refractivity contribution in [1.82, 2.24) is 24.9 Å². The fraction of sp³-hybridized carbons (Fsp3) is 0.562. The zero-order valence-corrected chi connectivity index (χ0v) is 17.0. The van der Waals surface area contributed by atoms with Crippen molar-refractivity contribution in [3.8, 4) is 0 Å². The molecule has 0 aromatic carbocycles. The van der Waals surface area contributed by atoms with E-state index in [4.69, 9.17) is 34.8 Å². The first-order valence-electron chi connectivity index (χ1n) is 8.08. The summed E-state index contributed by atoms with van der Waals surface area (Å²) in [4.78, 5) is 12.2. The van der Waals surface area contributed by atoms with E-state index >= 15 is 0 Å². The van der Waals surface area contributed by atoms with Gasteiger partial charge in [0.1, 0.15) is 10.2 Å². The third-order valence-electron chi connectivity index (χ3n) is 4.03. The Balaban J connectivity index is 1.79. The van der Waals surface area contributed by atoms with Gasteiger partial charge in [0, 0.05) is 13.1 Å². The standard InChI is InChI=1S/C16H22Cl3N5O/c1-9(8-24-12(4)13(17)10(2)22-24)16(25)20-6-5-7-23-15(19)14(18)11(3)21-23/h9H,5-8H2,1-4H3,(H,20,25). The van der Waals surface area contributed by atoms with E-state index in [1.807, 2.05) is 20.8 Å². The normalized spacial score (nSPS) is 12.4. The molecule has 2 aromatic rings. The molecule has 0 saturated carbocycles. The lowest BCUT2D eigenvalue weighted by molar-refractivity contribution is -0.124. The summed E-state index contributed by atoms with van der Waals surface area (Å²) in [5, 5.41) is 13.1. The van der Waals surface area contributed by atoms with Crippen LogP contribution in [-0.2, 0) is 17.9 Å². The predicted molar refractivity (Wildman–Crippen MR) is 100 cm³/mol. The molecule has 0 bridgehead atoms. The lowest BCUT2D eigenvalue weighted by Crippen LogP contribution is -2.33. The third-order valence-corrected chi connectivity index (χ3v) is 5.51. The zero-order valence-electron chi connectivity index (χ0n) is 14.7. The van der Waals surface area contributed by atoms with E-state index in [9.17, 15) is 4.79 Å². The van der Waals surface area contributed by atoms with Gasteiger partial charge in [-0.25, -0.2) is 0 Å². The Labute approximate surface area is 162 Å². The van der Waals surface area contributed by atoms with Gasteiger partial charge in [0.05, 0.1) is 34.6 Å². The molecule has 0 saturated heterocycles. The second-order valence-corrected chi connectivity index (χ2v) is 7.24. The van der Waals surface area contributed by atoms with E-state index in [0.717, 1.165) is 11.4 Å². The summed E-state index contributed by atoms with van der Waals surface area (Å²) >= 11 is 18.2. The van der Waals surface area contributed by atoms with Crippen molar-refractivity contribution in [3.05, 3.63) is 32.3 Å². The summed E-state index contributed by atoms with van der Waals surface area (Å²) in [5.74, 6) is -0.233. The van der Waals surface area contributed by atoms with E-state index in [1.54, 1.807) is 16.3 Å². The van der Waals surface area contributed by atoms with Crippen molar-refractivity contribution >= 4 is 40.7 Å². The highest BCUT2D eigenvalue weighted by Crippen LogP contribution is 2.25. The SMILES string of the molecule is Cc1nn(CC(C)C(=O)NCCCn2nc(C)c(Cl)c2Cl)c(C)c1Cl. The molecule has 1 N–H and O–H groups in total. The van der Waals surface area contributed by atoms with Gasteiger partial charge >= 0.3 is 0 Å². The van der Waals surface area contributed by atoms with Crippen LogP contribution in [0.4, 0.5) is 0 Å². The number of hydrogen-bond acceptors (Lipinski definition) is 3. The Morgan fingerprint density at radius 3 is 2.20 bits per heavy atom. The number of aromatic nitrogens is 4. The Kier molecular flexibility index (Phi) is 6.77. The zero-order chi connectivity index (χ0) is 18.7. The molecule has 9 heteroatoms. The maximum atomic E-state index is 12.2. The molecule has 0 fully saturated rings. The first kappa shape index (κ1) is 20.1. The van der Waals surface area contributed by atoms with Crippen LogP contribution >= 0.6 is 34.8 Å². The fourth-order valence-electron chi connectivity index (χ4n) is 2.49. The van der Waals surface area contributed by atoms with Crippen molar-refractivity contribution in [1.29, 1.82) is 0 Å². The number of carbonyl (C=O) groups excluding carboxylic acids is 1. The van der Waals surface area contributed by atoms with Crippen molar-refractivity contribution in [3.63, 3.8) is 0 Å². The molecule has 0 aliphatic carbocycles. The monoisotopic (exact) mass is 405 g/mol. The van der Waals surface area contributed by atoms with Crippen molar-refractivity contribution < 1.29 is 4.79 Å². The molecule has 0 aliphatic heterocycles. The van der Waals surface area contributed by atoms with Crippen LogP contribution in [0, 0.1) is 26.7 Å². The summed E-state index contributed by atoms with van der Waals surface area (Å²) in [6.07, 6.45) is 0.710. The molecule has 25 heavy (non-hydrogen) atoms. The lowest BCUT2D eigenvalue weighted by atomic mass is 10.1. The Morgan fingerprint density at radius 2 is 1.68 bits per heavy atom. The molecule has 0 radical (unpaired) electrons. The largest absolute Gasteiger partial charge is 0.356 e. The van der Waals surface area contributed by atoms with Crippen LogP contribution in [0.5, 0.6) is 0 Å². The van der Waals surface area contributed by atoms with Crippen LogP contribution in [0.1, 0.15) is 30.4 Å². The average molecular weight is 407 g/mol. The minimum atomic E-state index is -0.209. The smallest absolute Gasteiger partial charge is 0.224 e. The van der Waals surface area contributed by atoms with Gasteiger partial charge in [-0.05, 0) is 27.2 Å². The number of halogens is 3. The van der Waals surface area contributed by atoms with E-state index in [-0.39, 0.29) is 11.8 Å². The molecule has 1 atom stereocenters. The van der Waals surface area contributed by atoms with Gasteiger partial charge in [-0.15, -0.1) is 0 Å². The van der Waals surface area contributed by atoms with Crippen LogP contribution in [0.3, 0.4) is 0 Å². The lowest BCUT2D eigenvalue weighted by Gasteiger charge is -2.13. The van der Waals surface area contributed by atoms with Crippen LogP contribution in [0.2, 0.25) is 15.2 Å². The van der Waals surface area contributed by atoms with Crippen LogP contribution in [0.25, 0.3) is 0 Å². The van der Waals surface area contributed by atoms with E-state index in [2.05, 4.69) is 15.5 Å². The number of aryl methyl sites for hydroxylation is 3. The maximum absolute atomic E-state index is 12.2. The van der Waals surface area contributed by atoms with Gasteiger partial charge < -0.3 is 5.32 Å². The highest BCUT2D eigenvalue weighted by Gasteiger charge is 2.17. The summed E-state index contributed by atoms with van der Waals surface area (Å²) in [6.45, 7) is 9.04. The molecule has 1 unspecified atom stereocenters. The molecule has 6 nitrogen and oxygen atoms in total. The molecule has 2 rings (SSSR count). The van der Waals surface area contributed by atoms with Crippen LogP contribution in [0.15, 0.2) is 0 Å². The Bertz CT molecular complexity index is 768. The van der Waals surface area contributed by atoms with Gasteiger partial charge in [-0.1, -0.05) is 41.7 Å². The predicted octanol–water partition coefficient (Wildman–Crippen LogP) is 3.81. The molecule has 2 heterocycles. The number of rotatable bonds is 7. The number of carbonyl (C=O) groups is 1. The molecule has 138 valence electrons. The van der Waals surface area contributed by atoms with Crippen LogP contribution < -0.4 is 5.32 Å². The minimum absolute atomic E-state index is 0.0237. The van der Waals surface area contributed by atoms with Gasteiger partial charge in [-0.2, -0.15) is 10.2 Å². The number of amides is 1. The van der Waals surface area contributed by atoms with Gasteiger partial charge in [0.25, 0.3) is 0 Å². The van der Waals surface area contributed by atoms with Gasteiger partial charge in [0.2, 0.25) is 5.91 Å². The van der Waals surface area contributed by atoms with E-state index in [1.165, 1.54) is 0 Å². The Hall–Kier alpha value is -1.24. The summed E-state index contributed by atoms with van der Waals surface area (Å²) < 4.78 is 3.42. The highest BCUT2D eigenvalue weighted by molar-refractivity contribution is 6.41. The number of hydrogen-bond donors (Lipinski definition) is 1. The first-order valence-corrected chi connectivity index (χ1v) is 9.21. The van der Waals surface area contributed by atoms with Crippen molar-refractivity contribution in [2.24, 2.45) is 5.92 Å². The van der Waals surface area contributed by atoms with Crippen molar-refractivity contribution in [2.75, 3.05) is 6.54 Å².